The smallest absolute Gasteiger partial charge is 0.371 e. The van der Waals surface area contributed by atoms with E-state index in [9.17, 15) is 22.0 Å². The summed E-state index contributed by atoms with van der Waals surface area (Å²) in [4.78, 5) is 0. The van der Waals surface area contributed by atoms with Crippen LogP contribution in [0.3, 0.4) is 0 Å². The molecule has 0 bridgehead atoms. The fourth-order valence-corrected chi connectivity index (χ4v) is 1.23. The molecule has 0 aliphatic heterocycles. The first kappa shape index (κ1) is 14.8. The highest BCUT2D eigenvalue weighted by atomic mass is 19.4. The van der Waals surface area contributed by atoms with E-state index in [1.165, 1.54) is 0 Å². The molecule has 0 saturated carbocycles. The molecule has 0 saturated heterocycles. The van der Waals surface area contributed by atoms with Gasteiger partial charge in [0.15, 0.2) is 0 Å². The summed E-state index contributed by atoms with van der Waals surface area (Å²) in [5.74, 6) is -1.14. The monoisotopic (exact) mass is 269 g/mol. The SMILES string of the molecule is Fc1ccc(F)c(CNCCOCC(F)(F)F)c1. The van der Waals surface area contributed by atoms with Crippen molar-refractivity contribution in [3.8, 4) is 0 Å². The predicted molar refractivity (Wildman–Crippen MR) is 54.9 cm³/mol. The lowest BCUT2D eigenvalue weighted by molar-refractivity contribution is -0.173. The van der Waals surface area contributed by atoms with E-state index in [1.807, 2.05) is 0 Å². The average Bonchev–Trinajstić information content (AvgIpc) is 2.26. The predicted octanol–water partition coefficient (Wildman–Crippen LogP) is 2.63. The zero-order chi connectivity index (χ0) is 13.6. The van der Waals surface area contributed by atoms with Crippen LogP contribution in [0.1, 0.15) is 5.56 Å². The van der Waals surface area contributed by atoms with Crippen molar-refractivity contribution in [1.29, 1.82) is 0 Å². The maximum absolute atomic E-state index is 13.1. The second-order valence-corrected chi connectivity index (χ2v) is 3.58. The molecule has 18 heavy (non-hydrogen) atoms. The van der Waals surface area contributed by atoms with E-state index in [2.05, 4.69) is 10.1 Å². The molecule has 102 valence electrons. The fourth-order valence-electron chi connectivity index (χ4n) is 1.23. The van der Waals surface area contributed by atoms with Crippen LogP contribution in [0.25, 0.3) is 0 Å². The Bertz CT molecular complexity index is 380. The van der Waals surface area contributed by atoms with E-state index in [0.29, 0.717) is 0 Å². The highest BCUT2D eigenvalue weighted by molar-refractivity contribution is 5.18. The van der Waals surface area contributed by atoms with Crippen LogP contribution in [0.2, 0.25) is 0 Å². The molecule has 7 heteroatoms. The van der Waals surface area contributed by atoms with Crippen LogP contribution in [-0.4, -0.2) is 25.9 Å². The molecule has 1 aromatic carbocycles. The van der Waals surface area contributed by atoms with Crippen molar-refractivity contribution in [2.24, 2.45) is 0 Å². The van der Waals surface area contributed by atoms with Crippen molar-refractivity contribution < 1.29 is 26.7 Å². The molecule has 0 aliphatic carbocycles. The maximum atomic E-state index is 13.1. The van der Waals surface area contributed by atoms with Gasteiger partial charge in [0.1, 0.15) is 18.2 Å². The lowest BCUT2D eigenvalue weighted by Crippen LogP contribution is -2.24. The number of hydrogen-bond acceptors (Lipinski definition) is 2. The van der Waals surface area contributed by atoms with Gasteiger partial charge in [0.2, 0.25) is 0 Å². The molecule has 0 amide bonds. The van der Waals surface area contributed by atoms with Crippen LogP contribution in [0.4, 0.5) is 22.0 Å². The molecule has 2 nitrogen and oxygen atoms in total. The fraction of sp³-hybridized carbons (Fsp3) is 0.455. The first-order chi connectivity index (χ1) is 8.38. The van der Waals surface area contributed by atoms with E-state index in [0.717, 1.165) is 18.2 Å². The Morgan fingerprint density at radius 2 is 1.89 bits per heavy atom. The minimum atomic E-state index is -4.35. The Morgan fingerprint density at radius 1 is 1.17 bits per heavy atom. The summed E-state index contributed by atoms with van der Waals surface area (Å²) < 4.78 is 65.3. The van der Waals surface area contributed by atoms with E-state index < -0.39 is 24.4 Å². The molecule has 0 spiro atoms. The Balaban J connectivity index is 2.20. The zero-order valence-electron chi connectivity index (χ0n) is 9.36. The van der Waals surface area contributed by atoms with E-state index in [-0.39, 0.29) is 25.3 Å². The van der Waals surface area contributed by atoms with Crippen LogP contribution in [0.15, 0.2) is 18.2 Å². The highest BCUT2D eigenvalue weighted by Crippen LogP contribution is 2.14. The number of halogens is 5. The van der Waals surface area contributed by atoms with Crippen molar-refractivity contribution in [1.82, 2.24) is 5.32 Å². The third-order valence-electron chi connectivity index (χ3n) is 2.01. The standard InChI is InChI=1S/C11H12F5NO/c12-9-1-2-10(13)8(5-9)6-17-3-4-18-7-11(14,15)16/h1-2,5,17H,3-4,6-7H2. The topological polar surface area (TPSA) is 21.3 Å². The first-order valence-electron chi connectivity index (χ1n) is 5.17. The molecule has 0 fully saturated rings. The Labute approximate surface area is 101 Å². The molecule has 0 aliphatic rings. The molecule has 0 atom stereocenters. The highest BCUT2D eigenvalue weighted by Gasteiger charge is 2.27. The molecule has 0 heterocycles. The Kier molecular flexibility index (Phi) is 5.49. The minimum absolute atomic E-state index is 0.0268. The van der Waals surface area contributed by atoms with Gasteiger partial charge in [-0.3, -0.25) is 0 Å². The van der Waals surface area contributed by atoms with Gasteiger partial charge in [-0.15, -0.1) is 0 Å². The van der Waals surface area contributed by atoms with Crippen molar-refractivity contribution in [3.05, 3.63) is 35.4 Å². The molecule has 1 rings (SSSR count). The van der Waals surface area contributed by atoms with Crippen molar-refractivity contribution in [2.75, 3.05) is 19.8 Å². The van der Waals surface area contributed by atoms with Crippen molar-refractivity contribution in [2.45, 2.75) is 12.7 Å². The molecule has 0 radical (unpaired) electrons. The average molecular weight is 269 g/mol. The van der Waals surface area contributed by atoms with Crippen LogP contribution >= 0.6 is 0 Å². The van der Waals surface area contributed by atoms with Gasteiger partial charge in [-0.1, -0.05) is 0 Å². The number of nitrogens with one attached hydrogen (secondary N) is 1. The number of benzene rings is 1. The lowest BCUT2D eigenvalue weighted by atomic mass is 10.2. The summed E-state index contributed by atoms with van der Waals surface area (Å²) in [6.07, 6.45) is -4.35. The van der Waals surface area contributed by atoms with Crippen molar-refractivity contribution >= 4 is 0 Å². The lowest BCUT2D eigenvalue weighted by Gasteiger charge is -2.09. The second kappa shape index (κ2) is 6.65. The van der Waals surface area contributed by atoms with E-state index in [1.54, 1.807) is 0 Å². The quantitative estimate of drug-likeness (QED) is 0.633. The van der Waals surface area contributed by atoms with Crippen LogP contribution in [0, 0.1) is 11.6 Å². The largest absolute Gasteiger partial charge is 0.411 e. The summed E-state index contributed by atoms with van der Waals surface area (Å²) in [5.41, 5.74) is 0.117. The van der Waals surface area contributed by atoms with Crippen LogP contribution in [0.5, 0.6) is 0 Å². The van der Waals surface area contributed by atoms with Crippen LogP contribution in [-0.2, 0) is 11.3 Å². The van der Waals surface area contributed by atoms with Gasteiger partial charge in [-0.05, 0) is 18.2 Å². The third kappa shape index (κ3) is 5.92. The number of ether oxygens (including phenoxy) is 1. The van der Waals surface area contributed by atoms with Gasteiger partial charge in [-0.2, -0.15) is 13.2 Å². The molecule has 0 unspecified atom stereocenters. The van der Waals surface area contributed by atoms with Gasteiger partial charge < -0.3 is 10.1 Å². The number of hydrogen-bond donors (Lipinski definition) is 1. The Hall–Kier alpha value is -1.21. The van der Waals surface area contributed by atoms with Gasteiger partial charge >= 0.3 is 6.18 Å². The third-order valence-corrected chi connectivity index (χ3v) is 2.01. The second-order valence-electron chi connectivity index (χ2n) is 3.58. The summed E-state index contributed by atoms with van der Waals surface area (Å²) in [5, 5.41) is 2.66. The molecule has 1 aromatic rings. The van der Waals surface area contributed by atoms with E-state index >= 15 is 0 Å². The first-order valence-corrected chi connectivity index (χ1v) is 5.17. The number of alkyl halides is 3. The van der Waals surface area contributed by atoms with Gasteiger partial charge in [-0.25, -0.2) is 8.78 Å². The van der Waals surface area contributed by atoms with Crippen LogP contribution < -0.4 is 5.32 Å². The summed E-state index contributed by atoms with van der Waals surface area (Å²) >= 11 is 0. The summed E-state index contributed by atoms with van der Waals surface area (Å²) in [6.45, 7) is -1.33. The molecule has 1 N–H and O–H groups in total. The molecular formula is C11H12F5NO. The molecular weight excluding hydrogens is 257 g/mol. The van der Waals surface area contributed by atoms with E-state index in [4.69, 9.17) is 0 Å². The normalized spacial score (nSPS) is 11.8. The summed E-state index contributed by atoms with van der Waals surface area (Å²) in [7, 11) is 0. The molecule has 0 aromatic heterocycles. The Morgan fingerprint density at radius 3 is 2.56 bits per heavy atom. The zero-order valence-corrected chi connectivity index (χ0v) is 9.36. The van der Waals surface area contributed by atoms with Gasteiger partial charge in [0.25, 0.3) is 0 Å². The summed E-state index contributed by atoms with van der Waals surface area (Å²) in [6, 6.07) is 3.01. The van der Waals surface area contributed by atoms with Gasteiger partial charge in [0.05, 0.1) is 6.61 Å². The van der Waals surface area contributed by atoms with Gasteiger partial charge in [0, 0.05) is 18.7 Å². The van der Waals surface area contributed by atoms with Crippen molar-refractivity contribution in [3.63, 3.8) is 0 Å². The number of rotatable bonds is 6. The maximum Gasteiger partial charge on any atom is 0.411 e. The minimum Gasteiger partial charge on any atom is -0.371 e.